The van der Waals surface area contributed by atoms with Crippen molar-refractivity contribution in [2.75, 3.05) is 5.32 Å². The maximum Gasteiger partial charge on any atom is 0.256 e. The highest BCUT2D eigenvalue weighted by Gasteiger charge is 2.14. The molecule has 0 atom stereocenters. The van der Waals surface area contributed by atoms with Gasteiger partial charge in [0.2, 0.25) is 0 Å². The summed E-state index contributed by atoms with van der Waals surface area (Å²) in [5.41, 5.74) is 4.79. The van der Waals surface area contributed by atoms with E-state index in [2.05, 4.69) is 22.2 Å². The first-order chi connectivity index (χ1) is 13.2. The number of aromatic nitrogens is 2. The van der Waals surface area contributed by atoms with Gasteiger partial charge in [-0.1, -0.05) is 43.3 Å². The molecule has 4 aromatic rings. The van der Waals surface area contributed by atoms with Crippen molar-refractivity contribution in [2.45, 2.75) is 13.3 Å². The van der Waals surface area contributed by atoms with Crippen molar-refractivity contribution >= 4 is 22.5 Å². The highest BCUT2D eigenvalue weighted by atomic mass is 16.1. The Morgan fingerprint density at radius 3 is 2.44 bits per heavy atom. The quantitative estimate of drug-likeness (QED) is 0.554. The highest BCUT2D eigenvalue weighted by molar-refractivity contribution is 6.13. The van der Waals surface area contributed by atoms with Crippen LogP contribution in [-0.4, -0.2) is 15.9 Å². The van der Waals surface area contributed by atoms with Gasteiger partial charge >= 0.3 is 0 Å². The second-order valence-electron chi connectivity index (χ2n) is 6.29. The van der Waals surface area contributed by atoms with Crippen molar-refractivity contribution in [1.82, 2.24) is 9.97 Å². The van der Waals surface area contributed by atoms with Crippen LogP contribution >= 0.6 is 0 Å². The van der Waals surface area contributed by atoms with Crippen molar-refractivity contribution in [1.29, 1.82) is 0 Å². The van der Waals surface area contributed by atoms with E-state index in [-0.39, 0.29) is 5.91 Å². The van der Waals surface area contributed by atoms with Crippen molar-refractivity contribution in [2.24, 2.45) is 0 Å². The van der Waals surface area contributed by atoms with Gasteiger partial charge in [-0.25, -0.2) is 4.98 Å². The normalized spacial score (nSPS) is 10.7. The molecule has 0 saturated carbocycles. The third kappa shape index (κ3) is 3.55. The minimum atomic E-state index is -0.157. The van der Waals surface area contributed by atoms with Gasteiger partial charge in [-0.2, -0.15) is 0 Å². The minimum absolute atomic E-state index is 0.157. The van der Waals surface area contributed by atoms with Crippen LogP contribution in [0.1, 0.15) is 22.8 Å². The van der Waals surface area contributed by atoms with Crippen molar-refractivity contribution in [3.63, 3.8) is 0 Å². The number of fused-ring (bicyclic) bond motifs is 1. The summed E-state index contributed by atoms with van der Waals surface area (Å²) >= 11 is 0. The molecule has 4 nitrogen and oxygen atoms in total. The van der Waals surface area contributed by atoms with Crippen molar-refractivity contribution < 1.29 is 4.79 Å². The van der Waals surface area contributed by atoms with Crippen LogP contribution in [-0.2, 0) is 6.42 Å². The maximum atomic E-state index is 13.0. The lowest BCUT2D eigenvalue weighted by Crippen LogP contribution is -2.13. The molecule has 0 saturated heterocycles. The first-order valence-corrected chi connectivity index (χ1v) is 8.96. The van der Waals surface area contributed by atoms with Crippen LogP contribution < -0.4 is 5.32 Å². The monoisotopic (exact) mass is 353 g/mol. The lowest BCUT2D eigenvalue weighted by molar-refractivity contribution is 0.102. The summed E-state index contributed by atoms with van der Waals surface area (Å²) in [6, 6.07) is 23.0. The number of carbonyl (C=O) groups excluding carboxylic acids is 1. The molecular formula is C23H19N3O. The van der Waals surface area contributed by atoms with Crippen molar-refractivity contribution in [3.8, 4) is 11.4 Å². The lowest BCUT2D eigenvalue weighted by atomic mass is 10.1. The first-order valence-electron chi connectivity index (χ1n) is 8.96. The summed E-state index contributed by atoms with van der Waals surface area (Å²) in [6.07, 6.45) is 2.69. The molecule has 2 aromatic heterocycles. The van der Waals surface area contributed by atoms with Crippen LogP contribution in [0.25, 0.3) is 22.3 Å². The number of rotatable bonds is 4. The van der Waals surface area contributed by atoms with Gasteiger partial charge in [-0.3, -0.25) is 9.78 Å². The lowest BCUT2D eigenvalue weighted by Gasteiger charge is -2.11. The Morgan fingerprint density at radius 1 is 0.926 bits per heavy atom. The molecule has 27 heavy (non-hydrogen) atoms. The standard InChI is InChI=1S/C23H19N3O/c1-2-16-10-12-17(13-11-16)25-23(27)19-15-22(21-9-5-6-14-24-21)26-20-8-4-3-7-18(19)20/h3-15H,2H2,1H3,(H,25,27). The summed E-state index contributed by atoms with van der Waals surface area (Å²) in [5, 5.41) is 3.81. The topological polar surface area (TPSA) is 54.9 Å². The van der Waals surface area contributed by atoms with Gasteiger partial charge < -0.3 is 5.32 Å². The number of nitrogens with zero attached hydrogens (tertiary/aromatic N) is 2. The van der Waals surface area contributed by atoms with E-state index in [1.807, 2.05) is 66.7 Å². The predicted octanol–water partition coefficient (Wildman–Crippen LogP) is 5.11. The van der Waals surface area contributed by atoms with E-state index in [9.17, 15) is 4.79 Å². The molecule has 4 heteroatoms. The van der Waals surface area contributed by atoms with E-state index in [0.29, 0.717) is 11.3 Å². The molecule has 0 bridgehead atoms. The molecule has 1 N–H and O–H groups in total. The molecule has 4 rings (SSSR count). The molecule has 1 amide bonds. The number of para-hydroxylation sites is 1. The number of aryl methyl sites for hydroxylation is 1. The molecule has 0 radical (unpaired) electrons. The number of nitrogens with one attached hydrogen (secondary N) is 1. The summed E-state index contributed by atoms with van der Waals surface area (Å²) in [7, 11) is 0. The maximum absolute atomic E-state index is 13.0. The minimum Gasteiger partial charge on any atom is -0.322 e. The number of hydrogen-bond donors (Lipinski definition) is 1. The average molecular weight is 353 g/mol. The fraction of sp³-hybridized carbons (Fsp3) is 0.0870. The van der Waals surface area contributed by atoms with Crippen LogP contribution in [0.3, 0.4) is 0 Å². The smallest absolute Gasteiger partial charge is 0.256 e. The van der Waals surface area contributed by atoms with E-state index < -0.39 is 0 Å². The number of benzene rings is 2. The zero-order chi connectivity index (χ0) is 18.6. The van der Waals surface area contributed by atoms with E-state index in [1.54, 1.807) is 12.3 Å². The molecular weight excluding hydrogens is 334 g/mol. The van der Waals surface area contributed by atoms with Crippen LogP contribution in [0.15, 0.2) is 79.0 Å². The number of carbonyl (C=O) groups is 1. The second-order valence-corrected chi connectivity index (χ2v) is 6.29. The van der Waals surface area contributed by atoms with E-state index in [1.165, 1.54) is 5.56 Å². The second kappa shape index (κ2) is 7.38. The third-order valence-electron chi connectivity index (χ3n) is 4.51. The van der Waals surface area contributed by atoms with Crippen LogP contribution in [0.5, 0.6) is 0 Å². The molecule has 0 fully saturated rings. The number of amides is 1. The molecule has 2 heterocycles. The van der Waals surface area contributed by atoms with Gasteiger partial charge in [0.05, 0.1) is 22.5 Å². The molecule has 0 aliphatic carbocycles. The van der Waals surface area contributed by atoms with Crippen molar-refractivity contribution in [3.05, 3.63) is 90.1 Å². The van der Waals surface area contributed by atoms with Gasteiger partial charge in [0, 0.05) is 17.3 Å². The molecule has 2 aromatic carbocycles. The number of hydrogen-bond acceptors (Lipinski definition) is 3. The number of pyridine rings is 2. The number of anilines is 1. The Labute approximate surface area is 157 Å². The summed E-state index contributed by atoms with van der Waals surface area (Å²) in [5.74, 6) is -0.157. The zero-order valence-corrected chi connectivity index (χ0v) is 15.0. The molecule has 132 valence electrons. The Bertz CT molecular complexity index is 1090. The molecule has 0 aliphatic rings. The zero-order valence-electron chi connectivity index (χ0n) is 15.0. The SMILES string of the molecule is CCc1ccc(NC(=O)c2cc(-c3ccccn3)nc3ccccc23)cc1. The Kier molecular flexibility index (Phi) is 4.62. The summed E-state index contributed by atoms with van der Waals surface area (Å²) < 4.78 is 0. The average Bonchev–Trinajstić information content (AvgIpc) is 2.74. The van der Waals surface area contributed by atoms with E-state index in [4.69, 9.17) is 0 Å². The largest absolute Gasteiger partial charge is 0.322 e. The Morgan fingerprint density at radius 2 is 1.70 bits per heavy atom. The summed E-state index contributed by atoms with van der Waals surface area (Å²) in [6.45, 7) is 2.11. The molecule has 0 spiro atoms. The fourth-order valence-electron chi connectivity index (χ4n) is 3.03. The van der Waals surface area contributed by atoms with E-state index >= 15 is 0 Å². The molecule has 0 aliphatic heterocycles. The Hall–Kier alpha value is -3.53. The van der Waals surface area contributed by atoms with Crippen LogP contribution in [0.2, 0.25) is 0 Å². The van der Waals surface area contributed by atoms with Gasteiger partial charge in [-0.15, -0.1) is 0 Å². The predicted molar refractivity (Wildman–Crippen MR) is 109 cm³/mol. The third-order valence-corrected chi connectivity index (χ3v) is 4.51. The van der Waals surface area contributed by atoms with Gasteiger partial charge in [0.25, 0.3) is 5.91 Å². The van der Waals surface area contributed by atoms with E-state index in [0.717, 1.165) is 28.7 Å². The molecule has 0 unspecified atom stereocenters. The van der Waals surface area contributed by atoms with Gasteiger partial charge in [-0.05, 0) is 48.4 Å². The fourth-order valence-corrected chi connectivity index (χ4v) is 3.03. The highest BCUT2D eigenvalue weighted by Crippen LogP contribution is 2.24. The Balaban J connectivity index is 1.75. The van der Waals surface area contributed by atoms with Gasteiger partial charge in [0.15, 0.2) is 0 Å². The van der Waals surface area contributed by atoms with Crippen LogP contribution in [0.4, 0.5) is 5.69 Å². The first kappa shape index (κ1) is 16.9. The van der Waals surface area contributed by atoms with Gasteiger partial charge in [0.1, 0.15) is 0 Å². The summed E-state index contributed by atoms with van der Waals surface area (Å²) in [4.78, 5) is 22.0. The van der Waals surface area contributed by atoms with Crippen LogP contribution in [0, 0.1) is 0 Å².